The number of carbonyl (C=O) groups excluding carboxylic acids is 1. The molecule has 0 aromatic heterocycles. The van der Waals surface area contributed by atoms with E-state index in [4.69, 9.17) is 0 Å². The van der Waals surface area contributed by atoms with E-state index in [-0.39, 0.29) is 6.04 Å². The molecular weight excluding hydrogens is 298 g/mol. The lowest BCUT2D eigenvalue weighted by Crippen LogP contribution is -2.55. The number of hydrogen-bond donors (Lipinski definition) is 0. The van der Waals surface area contributed by atoms with E-state index >= 15 is 0 Å². The van der Waals surface area contributed by atoms with Gasteiger partial charge in [-0.25, -0.2) is 0 Å². The molecule has 2 fully saturated rings. The standard InChI is InChI=1S/C20H29N3O/c1-2-22-12-7-6-10-19(22)20(24)23-16-14-21(15-17-23)13-11-18-8-4-3-5-9-18/h3-5,8-9,11,13,19H,2,6-7,10,12,14-17H2,1H3/t19-/m0/s1. The first-order valence-corrected chi connectivity index (χ1v) is 9.28. The second kappa shape index (κ2) is 8.34. The van der Waals surface area contributed by atoms with Crippen LogP contribution in [0.4, 0.5) is 0 Å². The lowest BCUT2D eigenvalue weighted by atomic mass is 10.0. The molecule has 0 radical (unpaired) electrons. The minimum atomic E-state index is 0.121. The Hall–Kier alpha value is -1.81. The zero-order valence-electron chi connectivity index (χ0n) is 14.7. The monoisotopic (exact) mass is 327 g/mol. The number of piperidine rings is 1. The van der Waals surface area contributed by atoms with Crippen LogP contribution >= 0.6 is 0 Å². The molecule has 0 aliphatic carbocycles. The van der Waals surface area contributed by atoms with Gasteiger partial charge in [0.1, 0.15) is 0 Å². The van der Waals surface area contributed by atoms with Gasteiger partial charge < -0.3 is 9.80 Å². The summed E-state index contributed by atoms with van der Waals surface area (Å²) in [5.74, 6) is 0.350. The summed E-state index contributed by atoms with van der Waals surface area (Å²) in [4.78, 5) is 19.6. The number of amides is 1. The summed E-state index contributed by atoms with van der Waals surface area (Å²) in [5, 5.41) is 0. The lowest BCUT2D eigenvalue weighted by molar-refractivity contribution is -0.139. The van der Waals surface area contributed by atoms with E-state index in [2.05, 4.69) is 58.2 Å². The van der Waals surface area contributed by atoms with Gasteiger partial charge in [0.2, 0.25) is 5.91 Å². The van der Waals surface area contributed by atoms with Crippen molar-refractivity contribution in [3.63, 3.8) is 0 Å². The van der Waals surface area contributed by atoms with Gasteiger partial charge in [-0.15, -0.1) is 0 Å². The van der Waals surface area contributed by atoms with Gasteiger partial charge in [0.15, 0.2) is 0 Å². The second-order valence-electron chi connectivity index (χ2n) is 6.73. The molecule has 1 aromatic carbocycles. The summed E-state index contributed by atoms with van der Waals surface area (Å²) < 4.78 is 0. The van der Waals surface area contributed by atoms with Crippen molar-refractivity contribution in [1.29, 1.82) is 0 Å². The third kappa shape index (κ3) is 4.18. The highest BCUT2D eigenvalue weighted by Crippen LogP contribution is 2.19. The molecule has 4 heteroatoms. The highest BCUT2D eigenvalue weighted by molar-refractivity contribution is 5.82. The summed E-state index contributed by atoms with van der Waals surface area (Å²) in [6, 6.07) is 10.5. The van der Waals surface area contributed by atoms with E-state index in [1.54, 1.807) is 0 Å². The summed E-state index contributed by atoms with van der Waals surface area (Å²) >= 11 is 0. The number of rotatable bonds is 4. The molecule has 3 rings (SSSR count). The number of likely N-dealkylation sites (N-methyl/N-ethyl adjacent to an activating group) is 1. The number of carbonyl (C=O) groups is 1. The van der Waals surface area contributed by atoms with E-state index in [0.717, 1.165) is 45.7 Å². The maximum atomic E-state index is 12.9. The fraction of sp³-hybridized carbons (Fsp3) is 0.550. The fourth-order valence-corrected chi connectivity index (χ4v) is 3.71. The van der Waals surface area contributed by atoms with Gasteiger partial charge in [0.05, 0.1) is 6.04 Å². The summed E-state index contributed by atoms with van der Waals surface area (Å²) in [7, 11) is 0. The van der Waals surface area contributed by atoms with E-state index in [1.807, 2.05) is 6.07 Å². The second-order valence-corrected chi connectivity index (χ2v) is 6.73. The Bertz CT molecular complexity index is 549. The lowest BCUT2D eigenvalue weighted by Gasteiger charge is -2.40. The Kier molecular flexibility index (Phi) is 5.91. The Morgan fingerprint density at radius 1 is 1.08 bits per heavy atom. The third-order valence-electron chi connectivity index (χ3n) is 5.21. The fourth-order valence-electron chi connectivity index (χ4n) is 3.71. The average molecular weight is 327 g/mol. The molecule has 24 heavy (non-hydrogen) atoms. The maximum absolute atomic E-state index is 12.9. The van der Waals surface area contributed by atoms with Crippen LogP contribution < -0.4 is 0 Å². The van der Waals surface area contributed by atoms with Crippen molar-refractivity contribution in [1.82, 2.24) is 14.7 Å². The molecule has 1 atom stereocenters. The number of piperazine rings is 1. The average Bonchev–Trinajstić information content (AvgIpc) is 2.67. The Labute approximate surface area is 145 Å². The van der Waals surface area contributed by atoms with Crippen molar-refractivity contribution < 1.29 is 4.79 Å². The van der Waals surface area contributed by atoms with Crippen LogP contribution in [0.1, 0.15) is 31.7 Å². The van der Waals surface area contributed by atoms with Gasteiger partial charge in [-0.3, -0.25) is 9.69 Å². The molecule has 1 aromatic rings. The Morgan fingerprint density at radius 3 is 2.54 bits per heavy atom. The predicted octanol–water partition coefficient (Wildman–Crippen LogP) is 2.68. The minimum absolute atomic E-state index is 0.121. The van der Waals surface area contributed by atoms with E-state index in [1.165, 1.54) is 18.4 Å². The smallest absolute Gasteiger partial charge is 0.240 e. The molecule has 4 nitrogen and oxygen atoms in total. The SMILES string of the molecule is CCN1CCCC[C@H]1C(=O)N1CCN(C=Cc2ccccc2)CC1. The quantitative estimate of drug-likeness (QED) is 0.851. The topological polar surface area (TPSA) is 26.8 Å². The van der Waals surface area contributed by atoms with Crippen molar-refractivity contribution >= 4 is 12.0 Å². The van der Waals surface area contributed by atoms with Gasteiger partial charge in [0.25, 0.3) is 0 Å². The molecule has 0 unspecified atom stereocenters. The van der Waals surface area contributed by atoms with Crippen LogP contribution in [0, 0.1) is 0 Å². The number of hydrogen-bond acceptors (Lipinski definition) is 3. The van der Waals surface area contributed by atoms with Crippen LogP contribution in [0.5, 0.6) is 0 Å². The third-order valence-corrected chi connectivity index (χ3v) is 5.21. The number of nitrogens with zero attached hydrogens (tertiary/aromatic N) is 3. The van der Waals surface area contributed by atoms with Gasteiger partial charge in [-0.2, -0.15) is 0 Å². The first kappa shape index (κ1) is 17.0. The minimum Gasteiger partial charge on any atom is -0.374 e. The highest BCUT2D eigenvalue weighted by atomic mass is 16.2. The van der Waals surface area contributed by atoms with Crippen molar-refractivity contribution in [2.45, 2.75) is 32.2 Å². The largest absolute Gasteiger partial charge is 0.374 e. The summed E-state index contributed by atoms with van der Waals surface area (Å²) in [6.07, 6.45) is 7.76. The molecule has 0 bridgehead atoms. The van der Waals surface area contributed by atoms with Crippen molar-refractivity contribution in [2.75, 3.05) is 39.3 Å². The molecule has 1 amide bonds. The molecule has 2 aliphatic heterocycles. The van der Waals surface area contributed by atoms with E-state index in [0.29, 0.717) is 5.91 Å². The molecule has 2 aliphatic rings. The molecule has 2 saturated heterocycles. The Balaban J connectivity index is 1.51. The van der Waals surface area contributed by atoms with Gasteiger partial charge in [-0.1, -0.05) is 43.7 Å². The summed E-state index contributed by atoms with van der Waals surface area (Å²) in [6.45, 7) is 7.75. The van der Waals surface area contributed by atoms with Crippen LogP contribution in [-0.2, 0) is 4.79 Å². The molecule has 0 spiro atoms. The number of likely N-dealkylation sites (tertiary alicyclic amines) is 1. The zero-order valence-corrected chi connectivity index (χ0v) is 14.7. The van der Waals surface area contributed by atoms with Gasteiger partial charge in [-0.05, 0) is 43.8 Å². The summed E-state index contributed by atoms with van der Waals surface area (Å²) in [5.41, 5.74) is 1.22. The van der Waals surface area contributed by atoms with Gasteiger partial charge in [0, 0.05) is 26.2 Å². The van der Waals surface area contributed by atoms with Crippen LogP contribution in [-0.4, -0.2) is 65.9 Å². The van der Waals surface area contributed by atoms with E-state index < -0.39 is 0 Å². The first-order valence-electron chi connectivity index (χ1n) is 9.28. The molecule has 0 N–H and O–H groups in total. The highest BCUT2D eigenvalue weighted by Gasteiger charge is 2.32. The van der Waals surface area contributed by atoms with Crippen LogP contribution in [0.15, 0.2) is 36.5 Å². The normalized spacial score (nSPS) is 23.0. The molecule has 2 heterocycles. The molecule has 130 valence electrons. The van der Waals surface area contributed by atoms with Gasteiger partial charge >= 0.3 is 0 Å². The first-order chi connectivity index (χ1) is 11.8. The van der Waals surface area contributed by atoms with Crippen molar-refractivity contribution in [3.8, 4) is 0 Å². The Morgan fingerprint density at radius 2 is 1.83 bits per heavy atom. The molecular formula is C20H29N3O. The zero-order chi connectivity index (χ0) is 16.8. The van der Waals surface area contributed by atoms with Crippen LogP contribution in [0.3, 0.4) is 0 Å². The maximum Gasteiger partial charge on any atom is 0.240 e. The van der Waals surface area contributed by atoms with Crippen molar-refractivity contribution in [2.24, 2.45) is 0 Å². The predicted molar refractivity (Wildman–Crippen MR) is 98.5 cm³/mol. The van der Waals surface area contributed by atoms with E-state index in [9.17, 15) is 4.79 Å². The van der Waals surface area contributed by atoms with Crippen LogP contribution in [0.2, 0.25) is 0 Å². The molecule has 0 saturated carbocycles. The van der Waals surface area contributed by atoms with Crippen molar-refractivity contribution in [3.05, 3.63) is 42.1 Å². The number of benzene rings is 1. The van der Waals surface area contributed by atoms with Crippen LogP contribution in [0.25, 0.3) is 6.08 Å².